The summed E-state index contributed by atoms with van der Waals surface area (Å²) in [4.78, 5) is 13.6. The van der Waals surface area contributed by atoms with Crippen LogP contribution in [0.3, 0.4) is 0 Å². The van der Waals surface area contributed by atoms with Gasteiger partial charge in [-0.1, -0.05) is 6.92 Å². The standard InChI is InChI=1S/C10H22N4O3S/c1-2-9(11)10(15)14-5-3-4-8(7-14)6-13-18(12,16)17/h8-9,13H,2-7,11H2,1H3,(H2,12,16,17). The number of hydrogen-bond donors (Lipinski definition) is 3. The number of rotatable bonds is 5. The molecule has 0 aromatic heterocycles. The molecule has 1 aliphatic rings. The van der Waals surface area contributed by atoms with Gasteiger partial charge in [0, 0.05) is 19.6 Å². The maximum Gasteiger partial charge on any atom is 0.274 e. The summed E-state index contributed by atoms with van der Waals surface area (Å²) in [5.41, 5.74) is 5.71. The Kier molecular flexibility index (Phi) is 5.51. The molecule has 0 radical (unpaired) electrons. The molecule has 1 saturated heterocycles. The quantitative estimate of drug-likeness (QED) is 0.582. The van der Waals surface area contributed by atoms with Crippen LogP contribution in [0, 0.1) is 5.92 Å². The summed E-state index contributed by atoms with van der Waals surface area (Å²) in [6.07, 6.45) is 2.35. The van der Waals surface area contributed by atoms with Crippen molar-refractivity contribution in [2.45, 2.75) is 32.2 Å². The Hall–Kier alpha value is -0.700. The molecule has 2 atom stereocenters. The normalized spacial score (nSPS) is 22.8. The Bertz CT molecular complexity index is 385. The second kappa shape index (κ2) is 6.46. The summed E-state index contributed by atoms with van der Waals surface area (Å²) in [6.45, 7) is 3.37. The van der Waals surface area contributed by atoms with Gasteiger partial charge >= 0.3 is 0 Å². The lowest BCUT2D eigenvalue weighted by Gasteiger charge is -2.34. The van der Waals surface area contributed by atoms with Gasteiger partial charge in [0.2, 0.25) is 5.91 Å². The van der Waals surface area contributed by atoms with Crippen molar-refractivity contribution >= 4 is 16.1 Å². The van der Waals surface area contributed by atoms with E-state index in [0.29, 0.717) is 19.5 Å². The Morgan fingerprint density at radius 2 is 2.22 bits per heavy atom. The van der Waals surface area contributed by atoms with E-state index in [1.54, 1.807) is 4.90 Å². The fourth-order valence-electron chi connectivity index (χ4n) is 2.07. The van der Waals surface area contributed by atoms with E-state index in [1.807, 2.05) is 6.92 Å². The minimum absolute atomic E-state index is 0.0576. The van der Waals surface area contributed by atoms with Gasteiger partial charge in [0.1, 0.15) is 0 Å². The van der Waals surface area contributed by atoms with E-state index in [1.165, 1.54) is 0 Å². The highest BCUT2D eigenvalue weighted by atomic mass is 32.2. The summed E-state index contributed by atoms with van der Waals surface area (Å²) in [6, 6.07) is -0.463. The summed E-state index contributed by atoms with van der Waals surface area (Å²) < 4.78 is 23.9. The molecule has 0 aliphatic carbocycles. The number of amides is 1. The van der Waals surface area contributed by atoms with Crippen LogP contribution in [0.5, 0.6) is 0 Å². The number of hydrogen-bond acceptors (Lipinski definition) is 4. The van der Waals surface area contributed by atoms with E-state index in [2.05, 4.69) is 4.72 Å². The molecule has 2 unspecified atom stereocenters. The molecule has 1 rings (SSSR count). The molecule has 5 N–H and O–H groups in total. The third kappa shape index (κ3) is 4.89. The molecule has 8 heteroatoms. The third-order valence-electron chi connectivity index (χ3n) is 3.16. The van der Waals surface area contributed by atoms with Gasteiger partial charge in [-0.15, -0.1) is 0 Å². The van der Waals surface area contributed by atoms with Crippen molar-refractivity contribution in [1.82, 2.24) is 9.62 Å². The predicted octanol–water partition coefficient (Wildman–Crippen LogP) is -1.24. The number of likely N-dealkylation sites (tertiary alicyclic amines) is 1. The fraction of sp³-hybridized carbons (Fsp3) is 0.900. The van der Waals surface area contributed by atoms with Crippen LogP contribution in [0.2, 0.25) is 0 Å². The molecular weight excluding hydrogens is 256 g/mol. The Labute approximate surface area is 108 Å². The zero-order valence-electron chi connectivity index (χ0n) is 10.6. The average molecular weight is 278 g/mol. The van der Waals surface area contributed by atoms with Gasteiger partial charge in [0.25, 0.3) is 10.2 Å². The van der Waals surface area contributed by atoms with Gasteiger partial charge in [0.15, 0.2) is 0 Å². The van der Waals surface area contributed by atoms with Crippen LogP contribution in [0.1, 0.15) is 26.2 Å². The van der Waals surface area contributed by atoms with E-state index in [-0.39, 0.29) is 18.4 Å². The minimum atomic E-state index is -3.66. The van der Waals surface area contributed by atoms with E-state index in [0.717, 1.165) is 12.8 Å². The van der Waals surface area contributed by atoms with E-state index in [4.69, 9.17) is 10.9 Å². The molecule has 0 aromatic rings. The average Bonchev–Trinajstić information content (AvgIpc) is 2.34. The van der Waals surface area contributed by atoms with Gasteiger partial charge < -0.3 is 10.6 Å². The first-order chi connectivity index (χ1) is 8.33. The zero-order chi connectivity index (χ0) is 13.8. The molecule has 1 aliphatic heterocycles. The second-order valence-electron chi connectivity index (χ2n) is 4.70. The topological polar surface area (TPSA) is 119 Å². The van der Waals surface area contributed by atoms with Gasteiger partial charge in [-0.05, 0) is 25.2 Å². The number of nitrogens with one attached hydrogen (secondary N) is 1. The number of carbonyl (C=O) groups is 1. The van der Waals surface area contributed by atoms with Gasteiger partial charge in [-0.3, -0.25) is 4.79 Å². The van der Waals surface area contributed by atoms with Crippen LogP contribution in [0.15, 0.2) is 0 Å². The molecular formula is C10H22N4O3S. The van der Waals surface area contributed by atoms with Crippen molar-refractivity contribution in [2.24, 2.45) is 16.8 Å². The Morgan fingerprint density at radius 3 is 2.78 bits per heavy atom. The maximum atomic E-state index is 11.9. The van der Waals surface area contributed by atoms with E-state index >= 15 is 0 Å². The molecule has 1 heterocycles. The SMILES string of the molecule is CCC(N)C(=O)N1CCCC(CNS(N)(=O)=O)C1. The predicted molar refractivity (Wildman–Crippen MR) is 68.7 cm³/mol. The van der Waals surface area contributed by atoms with Gasteiger partial charge in [0.05, 0.1) is 6.04 Å². The Balaban J connectivity index is 2.48. The van der Waals surface area contributed by atoms with Crippen molar-refractivity contribution in [3.63, 3.8) is 0 Å². The molecule has 18 heavy (non-hydrogen) atoms. The molecule has 1 amide bonds. The highest BCUT2D eigenvalue weighted by Gasteiger charge is 2.26. The van der Waals surface area contributed by atoms with Gasteiger partial charge in [-0.2, -0.15) is 8.42 Å². The number of nitrogens with zero attached hydrogens (tertiary/aromatic N) is 1. The molecule has 106 valence electrons. The lowest BCUT2D eigenvalue weighted by Crippen LogP contribution is -2.49. The second-order valence-corrected chi connectivity index (χ2v) is 6.08. The first-order valence-electron chi connectivity index (χ1n) is 6.15. The number of carbonyl (C=O) groups excluding carboxylic acids is 1. The van der Waals surface area contributed by atoms with Crippen molar-refractivity contribution in [3.05, 3.63) is 0 Å². The van der Waals surface area contributed by atoms with E-state index in [9.17, 15) is 13.2 Å². The molecule has 7 nitrogen and oxygen atoms in total. The molecule has 0 spiro atoms. The monoisotopic (exact) mass is 278 g/mol. The zero-order valence-corrected chi connectivity index (χ0v) is 11.4. The van der Waals surface area contributed by atoms with Crippen molar-refractivity contribution in [1.29, 1.82) is 0 Å². The van der Waals surface area contributed by atoms with Crippen LogP contribution in [-0.4, -0.2) is 44.9 Å². The van der Waals surface area contributed by atoms with Crippen molar-refractivity contribution in [3.8, 4) is 0 Å². The first-order valence-corrected chi connectivity index (χ1v) is 7.70. The first kappa shape index (κ1) is 15.4. The summed E-state index contributed by atoms with van der Waals surface area (Å²) in [7, 11) is -3.66. The highest BCUT2D eigenvalue weighted by molar-refractivity contribution is 7.87. The largest absolute Gasteiger partial charge is 0.341 e. The fourth-order valence-corrected chi connectivity index (χ4v) is 2.54. The van der Waals surface area contributed by atoms with Crippen LogP contribution in [0.4, 0.5) is 0 Å². The van der Waals surface area contributed by atoms with Crippen LogP contribution in [0.25, 0.3) is 0 Å². The summed E-state index contributed by atoms with van der Waals surface area (Å²) in [5.74, 6) is 0.0443. The smallest absolute Gasteiger partial charge is 0.274 e. The number of piperidine rings is 1. The van der Waals surface area contributed by atoms with Crippen LogP contribution < -0.4 is 15.6 Å². The highest BCUT2D eigenvalue weighted by Crippen LogP contribution is 2.16. The third-order valence-corrected chi connectivity index (χ3v) is 3.73. The minimum Gasteiger partial charge on any atom is -0.341 e. The lowest BCUT2D eigenvalue weighted by molar-refractivity contribution is -0.134. The molecule has 0 aromatic carbocycles. The van der Waals surface area contributed by atoms with Crippen molar-refractivity contribution in [2.75, 3.05) is 19.6 Å². The van der Waals surface area contributed by atoms with E-state index < -0.39 is 16.3 Å². The van der Waals surface area contributed by atoms with Gasteiger partial charge in [-0.25, -0.2) is 9.86 Å². The lowest BCUT2D eigenvalue weighted by atomic mass is 9.97. The van der Waals surface area contributed by atoms with Crippen LogP contribution >= 0.6 is 0 Å². The van der Waals surface area contributed by atoms with Crippen molar-refractivity contribution < 1.29 is 13.2 Å². The summed E-state index contributed by atoms with van der Waals surface area (Å²) in [5, 5.41) is 4.88. The number of nitrogens with two attached hydrogens (primary N) is 2. The van der Waals surface area contributed by atoms with Crippen LogP contribution in [-0.2, 0) is 15.0 Å². The molecule has 1 fully saturated rings. The molecule has 0 bridgehead atoms. The Morgan fingerprint density at radius 1 is 1.56 bits per heavy atom. The maximum absolute atomic E-state index is 11.9. The summed E-state index contributed by atoms with van der Waals surface area (Å²) >= 11 is 0. The molecule has 0 saturated carbocycles.